The number of phenolic OH excluding ortho intramolecular Hbond substituents is 1. The fourth-order valence-electron chi connectivity index (χ4n) is 8.73. The summed E-state index contributed by atoms with van der Waals surface area (Å²) in [5.41, 5.74) is 13.4. The molecule has 0 aliphatic carbocycles. The quantitative estimate of drug-likeness (QED) is 0.182. The number of imidazole rings is 1. The molecule has 3 aromatic heterocycles. The summed E-state index contributed by atoms with van der Waals surface area (Å²) in [5.74, 6) is 0.937. The molecule has 10 rings (SSSR count). The van der Waals surface area contributed by atoms with Crippen molar-refractivity contribution in [2.24, 2.45) is 0 Å². The Bertz CT molecular complexity index is 3200. The van der Waals surface area contributed by atoms with E-state index in [1.165, 1.54) is 20.2 Å². The number of phenols is 1. The number of hydrogen-bond donors (Lipinski definition) is 1. The molecule has 298 valence electrons. The molecular weight excluding hydrogens is 763 g/mol. The zero-order chi connectivity index (χ0) is 42.0. The SMILES string of the molecule is CC(C)(C)c1cc(-c2nc3c(-c4cc(-c5ccccn5)cc5c4sc4ccccc45)cccc3n2-c2c(-c3ccccc3)cccc2-c2ccccc2)c(O)c(C(C)(C)C)c1. The van der Waals surface area contributed by atoms with Crippen molar-refractivity contribution < 1.29 is 5.11 Å². The van der Waals surface area contributed by atoms with E-state index in [9.17, 15) is 5.11 Å². The summed E-state index contributed by atoms with van der Waals surface area (Å²) < 4.78 is 4.76. The number of pyridine rings is 1. The van der Waals surface area contributed by atoms with Gasteiger partial charge in [-0.2, -0.15) is 0 Å². The van der Waals surface area contributed by atoms with Crippen LogP contribution in [0, 0.1) is 0 Å². The van der Waals surface area contributed by atoms with Gasteiger partial charge in [0.1, 0.15) is 11.6 Å². The second-order valence-electron chi connectivity index (χ2n) is 18.0. The summed E-state index contributed by atoms with van der Waals surface area (Å²) in [6.45, 7) is 13.2. The van der Waals surface area contributed by atoms with Crippen molar-refractivity contribution >= 4 is 42.5 Å². The minimum atomic E-state index is -0.335. The van der Waals surface area contributed by atoms with E-state index in [4.69, 9.17) is 9.97 Å². The van der Waals surface area contributed by atoms with Crippen LogP contribution in [0.4, 0.5) is 0 Å². The number of rotatable bonds is 6. The first kappa shape index (κ1) is 38.4. The van der Waals surface area contributed by atoms with Gasteiger partial charge in [0.25, 0.3) is 0 Å². The molecule has 0 saturated carbocycles. The lowest BCUT2D eigenvalue weighted by molar-refractivity contribution is 0.446. The highest BCUT2D eigenvalue weighted by Gasteiger charge is 2.30. The lowest BCUT2D eigenvalue weighted by atomic mass is 9.79. The molecule has 0 atom stereocenters. The number of fused-ring (bicyclic) bond motifs is 4. The lowest BCUT2D eigenvalue weighted by Gasteiger charge is -2.28. The number of thiophene rings is 1. The highest BCUT2D eigenvalue weighted by Crippen LogP contribution is 2.49. The largest absolute Gasteiger partial charge is 0.507 e. The van der Waals surface area contributed by atoms with Crippen LogP contribution in [-0.2, 0) is 10.8 Å². The molecule has 1 N–H and O–H groups in total. The number of para-hydroxylation sites is 2. The van der Waals surface area contributed by atoms with Gasteiger partial charge in [-0.25, -0.2) is 4.98 Å². The van der Waals surface area contributed by atoms with Crippen molar-refractivity contribution in [3.05, 3.63) is 181 Å². The number of benzene rings is 7. The first-order chi connectivity index (χ1) is 29.5. The van der Waals surface area contributed by atoms with Crippen LogP contribution in [0.25, 0.3) is 92.9 Å². The summed E-state index contributed by atoms with van der Waals surface area (Å²) in [6, 6.07) is 58.0. The van der Waals surface area contributed by atoms with Crippen molar-refractivity contribution in [1.82, 2.24) is 14.5 Å². The van der Waals surface area contributed by atoms with E-state index >= 15 is 0 Å². The summed E-state index contributed by atoms with van der Waals surface area (Å²) in [5, 5.41) is 15.1. The van der Waals surface area contributed by atoms with Gasteiger partial charge in [-0.3, -0.25) is 9.55 Å². The van der Waals surface area contributed by atoms with Gasteiger partial charge in [-0.05, 0) is 70.0 Å². The fraction of sp³-hybridized carbons (Fsp3) is 0.143. The maximum atomic E-state index is 12.6. The Kier molecular flexibility index (Phi) is 9.26. The summed E-state index contributed by atoms with van der Waals surface area (Å²) in [4.78, 5) is 10.6. The van der Waals surface area contributed by atoms with Crippen molar-refractivity contribution in [2.45, 2.75) is 52.4 Å². The number of nitrogens with zero attached hydrogens (tertiary/aromatic N) is 3. The number of hydrogen-bond acceptors (Lipinski definition) is 4. The topological polar surface area (TPSA) is 50.9 Å². The molecule has 0 saturated heterocycles. The molecule has 4 nitrogen and oxygen atoms in total. The summed E-state index contributed by atoms with van der Waals surface area (Å²) >= 11 is 1.82. The van der Waals surface area contributed by atoms with Gasteiger partial charge >= 0.3 is 0 Å². The van der Waals surface area contributed by atoms with Gasteiger partial charge in [0.05, 0.1) is 28.0 Å². The number of aromatic hydroxyl groups is 1. The normalized spacial score (nSPS) is 12.2. The predicted octanol–water partition coefficient (Wildman–Crippen LogP) is 15.4. The standard InChI is InChI=1S/C56H47N3OS/c1-55(2,3)38-33-45(52(60)46(34-38)56(4,5)6)54-58-50-42(44-32-37(47-27-15-16-30-57-47)31-43-41-23-13-14-29-49(41)61-53(43)44)26-18-28-48(50)59(54)51-39(35-19-9-7-10-20-35)24-17-25-40(51)36-21-11-8-12-22-36/h7-34,60H,1-6H3. The van der Waals surface area contributed by atoms with Crippen LogP contribution in [0.3, 0.4) is 0 Å². The Morgan fingerprint density at radius 3 is 1.82 bits per heavy atom. The van der Waals surface area contributed by atoms with E-state index in [2.05, 4.69) is 198 Å². The lowest BCUT2D eigenvalue weighted by Crippen LogP contribution is -2.17. The highest BCUT2D eigenvalue weighted by atomic mass is 32.1. The van der Waals surface area contributed by atoms with E-state index in [1.807, 2.05) is 29.7 Å². The summed E-state index contributed by atoms with van der Waals surface area (Å²) in [6.07, 6.45) is 1.86. The zero-order valence-corrected chi connectivity index (χ0v) is 36.2. The molecule has 3 heterocycles. The molecule has 0 amide bonds. The van der Waals surface area contributed by atoms with Gasteiger partial charge in [-0.1, -0.05) is 163 Å². The second kappa shape index (κ2) is 14.7. The Morgan fingerprint density at radius 2 is 1.16 bits per heavy atom. The second-order valence-corrected chi connectivity index (χ2v) is 19.1. The fourth-order valence-corrected chi connectivity index (χ4v) is 9.94. The van der Waals surface area contributed by atoms with Gasteiger partial charge in [0.15, 0.2) is 0 Å². The van der Waals surface area contributed by atoms with Gasteiger partial charge in [0.2, 0.25) is 0 Å². The van der Waals surface area contributed by atoms with Gasteiger partial charge in [0, 0.05) is 59.7 Å². The molecule has 5 heteroatoms. The first-order valence-corrected chi connectivity index (χ1v) is 21.8. The Balaban J connectivity index is 1.38. The Morgan fingerprint density at radius 1 is 0.525 bits per heavy atom. The van der Waals surface area contributed by atoms with Gasteiger partial charge in [-0.15, -0.1) is 11.3 Å². The zero-order valence-electron chi connectivity index (χ0n) is 35.4. The Labute approximate surface area is 361 Å². The van der Waals surface area contributed by atoms with E-state index < -0.39 is 0 Å². The molecule has 7 aromatic carbocycles. The smallest absolute Gasteiger partial charge is 0.149 e. The molecule has 0 bridgehead atoms. The highest BCUT2D eigenvalue weighted by molar-refractivity contribution is 7.26. The average molecular weight is 810 g/mol. The van der Waals surface area contributed by atoms with Crippen LogP contribution in [0.2, 0.25) is 0 Å². The van der Waals surface area contributed by atoms with Crippen LogP contribution >= 0.6 is 11.3 Å². The van der Waals surface area contributed by atoms with Crippen molar-refractivity contribution in [3.8, 4) is 67.5 Å². The number of aromatic nitrogens is 3. The van der Waals surface area contributed by atoms with Crippen LogP contribution in [-0.4, -0.2) is 19.6 Å². The first-order valence-electron chi connectivity index (χ1n) is 21.0. The molecule has 0 spiro atoms. The van der Waals surface area contributed by atoms with Crippen LogP contribution in [0.15, 0.2) is 170 Å². The minimum absolute atomic E-state index is 0.194. The third-order valence-corrected chi connectivity index (χ3v) is 13.1. The van der Waals surface area contributed by atoms with Crippen molar-refractivity contribution in [2.75, 3.05) is 0 Å². The molecular formula is C56H47N3OS. The molecule has 0 radical (unpaired) electrons. The minimum Gasteiger partial charge on any atom is -0.507 e. The molecule has 0 unspecified atom stereocenters. The molecule has 10 aromatic rings. The van der Waals surface area contributed by atoms with Crippen LogP contribution in [0.5, 0.6) is 5.75 Å². The average Bonchev–Trinajstić information content (AvgIpc) is 3.85. The van der Waals surface area contributed by atoms with Crippen molar-refractivity contribution in [1.29, 1.82) is 0 Å². The van der Waals surface area contributed by atoms with E-state index in [0.717, 1.165) is 72.5 Å². The third-order valence-electron chi connectivity index (χ3n) is 11.9. The molecule has 61 heavy (non-hydrogen) atoms. The summed E-state index contributed by atoms with van der Waals surface area (Å²) in [7, 11) is 0. The van der Waals surface area contributed by atoms with Crippen LogP contribution in [0.1, 0.15) is 52.7 Å². The monoisotopic (exact) mass is 809 g/mol. The maximum absolute atomic E-state index is 12.6. The van der Waals surface area contributed by atoms with E-state index in [1.54, 1.807) is 0 Å². The molecule has 0 aliphatic heterocycles. The van der Waals surface area contributed by atoms with Gasteiger partial charge < -0.3 is 5.11 Å². The maximum Gasteiger partial charge on any atom is 0.149 e. The van der Waals surface area contributed by atoms with Crippen LogP contribution < -0.4 is 0 Å². The predicted molar refractivity (Wildman–Crippen MR) is 258 cm³/mol. The molecule has 0 aliphatic rings. The molecule has 0 fully saturated rings. The Hall–Kier alpha value is -6.82. The van der Waals surface area contributed by atoms with E-state index in [-0.39, 0.29) is 16.6 Å². The van der Waals surface area contributed by atoms with E-state index in [0.29, 0.717) is 11.4 Å². The third kappa shape index (κ3) is 6.70. The van der Waals surface area contributed by atoms with Crippen molar-refractivity contribution in [3.63, 3.8) is 0 Å².